The fourth-order valence-electron chi connectivity index (χ4n) is 2.47. The highest BCUT2D eigenvalue weighted by Crippen LogP contribution is 2.35. The van der Waals surface area contributed by atoms with E-state index < -0.39 is 5.97 Å². The standard InChI is InChI=1S/C16H17NO3/c1-4-20-16(18)15(17-2)14-7-5-6-11-10-12(19-3)8-9-13(11)14/h8-10H,4-7H2,1,3H3/b15-14+. The molecule has 0 saturated heterocycles. The average molecular weight is 271 g/mol. The summed E-state index contributed by atoms with van der Waals surface area (Å²) in [7, 11) is 1.63. The zero-order valence-corrected chi connectivity index (χ0v) is 11.7. The first kappa shape index (κ1) is 14.1. The number of nitrogens with zero attached hydrogens (tertiary/aromatic N) is 1. The number of esters is 1. The Hall–Kier alpha value is -2.28. The first-order valence-corrected chi connectivity index (χ1v) is 6.66. The molecule has 0 unspecified atom stereocenters. The predicted molar refractivity (Wildman–Crippen MR) is 76.1 cm³/mol. The van der Waals surface area contributed by atoms with Crippen LogP contribution in [0.25, 0.3) is 10.4 Å². The normalized spacial score (nSPS) is 15.8. The quantitative estimate of drug-likeness (QED) is 0.481. The van der Waals surface area contributed by atoms with Gasteiger partial charge in [0.05, 0.1) is 20.3 Å². The Morgan fingerprint density at radius 3 is 2.85 bits per heavy atom. The minimum Gasteiger partial charge on any atom is -0.497 e. The summed E-state index contributed by atoms with van der Waals surface area (Å²) < 4.78 is 10.2. The molecular formula is C16H17NO3. The van der Waals surface area contributed by atoms with E-state index in [0.29, 0.717) is 0 Å². The molecule has 1 aliphatic rings. The summed E-state index contributed by atoms with van der Waals surface area (Å²) in [6.45, 7) is 9.28. The number of aryl methyl sites for hydroxylation is 1. The van der Waals surface area contributed by atoms with Crippen molar-refractivity contribution in [1.82, 2.24) is 0 Å². The lowest BCUT2D eigenvalue weighted by Gasteiger charge is -2.21. The van der Waals surface area contributed by atoms with Gasteiger partial charge in [-0.1, -0.05) is 6.07 Å². The minimum absolute atomic E-state index is 0.109. The van der Waals surface area contributed by atoms with Crippen molar-refractivity contribution in [3.05, 3.63) is 46.4 Å². The smallest absolute Gasteiger partial charge is 0.336 e. The maximum Gasteiger partial charge on any atom is 0.336 e. The van der Waals surface area contributed by atoms with Crippen LogP contribution in [0.2, 0.25) is 0 Å². The molecule has 0 fully saturated rings. The fraction of sp³-hybridized carbons (Fsp3) is 0.375. The molecule has 0 spiro atoms. The summed E-state index contributed by atoms with van der Waals surface area (Å²) in [5.74, 6) is 0.270. The van der Waals surface area contributed by atoms with Crippen LogP contribution in [0, 0.1) is 6.57 Å². The Labute approximate surface area is 118 Å². The number of ether oxygens (including phenoxy) is 2. The van der Waals surface area contributed by atoms with Gasteiger partial charge < -0.3 is 9.47 Å². The van der Waals surface area contributed by atoms with Gasteiger partial charge in [0.15, 0.2) is 0 Å². The maximum atomic E-state index is 11.9. The Morgan fingerprint density at radius 1 is 1.40 bits per heavy atom. The SMILES string of the molecule is [C-]#[N+]/C(C(=O)OCC)=C1\CCCc2cc(OC)ccc21. The van der Waals surface area contributed by atoms with E-state index in [1.54, 1.807) is 14.0 Å². The van der Waals surface area contributed by atoms with Gasteiger partial charge in [0, 0.05) is 0 Å². The van der Waals surface area contributed by atoms with Crippen LogP contribution in [0.15, 0.2) is 23.9 Å². The summed E-state index contributed by atoms with van der Waals surface area (Å²) in [6, 6.07) is 5.76. The van der Waals surface area contributed by atoms with Crippen molar-refractivity contribution in [2.75, 3.05) is 13.7 Å². The van der Waals surface area contributed by atoms with Gasteiger partial charge in [0.1, 0.15) is 5.75 Å². The van der Waals surface area contributed by atoms with E-state index in [1.165, 1.54) is 0 Å². The largest absolute Gasteiger partial charge is 0.497 e. The number of hydrogen-bond acceptors (Lipinski definition) is 3. The minimum atomic E-state index is -0.527. The molecule has 1 aliphatic carbocycles. The molecule has 2 rings (SSSR count). The van der Waals surface area contributed by atoms with E-state index in [0.717, 1.165) is 41.7 Å². The summed E-state index contributed by atoms with van der Waals surface area (Å²) in [5.41, 5.74) is 2.99. The highest BCUT2D eigenvalue weighted by atomic mass is 16.5. The van der Waals surface area contributed by atoms with E-state index >= 15 is 0 Å². The van der Waals surface area contributed by atoms with Crippen LogP contribution < -0.4 is 4.74 Å². The third kappa shape index (κ3) is 2.67. The summed E-state index contributed by atoms with van der Waals surface area (Å²) in [6.07, 6.45) is 2.59. The first-order valence-electron chi connectivity index (χ1n) is 6.66. The molecule has 0 radical (unpaired) electrons. The number of allylic oxidation sites excluding steroid dienone is 1. The zero-order chi connectivity index (χ0) is 14.5. The van der Waals surface area contributed by atoms with Gasteiger partial charge in [-0.2, -0.15) is 0 Å². The summed E-state index contributed by atoms with van der Waals surface area (Å²) >= 11 is 0. The number of rotatable bonds is 3. The van der Waals surface area contributed by atoms with Crippen LogP contribution in [0.4, 0.5) is 0 Å². The second-order valence-electron chi connectivity index (χ2n) is 4.54. The Bertz CT molecular complexity index is 596. The van der Waals surface area contributed by atoms with Crippen LogP contribution in [0.5, 0.6) is 5.75 Å². The van der Waals surface area contributed by atoms with E-state index in [4.69, 9.17) is 16.0 Å². The van der Waals surface area contributed by atoms with Crippen LogP contribution in [0.1, 0.15) is 30.9 Å². The Kier molecular flexibility index (Phi) is 4.41. The molecule has 0 aromatic heterocycles. The number of benzene rings is 1. The van der Waals surface area contributed by atoms with Gasteiger partial charge in [-0.3, -0.25) is 4.79 Å². The highest BCUT2D eigenvalue weighted by molar-refractivity contribution is 6.00. The highest BCUT2D eigenvalue weighted by Gasteiger charge is 2.23. The summed E-state index contributed by atoms with van der Waals surface area (Å²) in [5, 5.41) is 0. The number of hydrogen-bond donors (Lipinski definition) is 0. The second kappa shape index (κ2) is 6.25. The van der Waals surface area contributed by atoms with Crippen molar-refractivity contribution in [2.24, 2.45) is 0 Å². The van der Waals surface area contributed by atoms with Crippen molar-refractivity contribution in [1.29, 1.82) is 0 Å². The van der Waals surface area contributed by atoms with Crippen molar-refractivity contribution in [2.45, 2.75) is 26.2 Å². The molecule has 0 amide bonds. The first-order chi connectivity index (χ1) is 9.71. The molecule has 104 valence electrons. The van der Waals surface area contributed by atoms with Gasteiger partial charge in [0.2, 0.25) is 0 Å². The molecule has 4 nitrogen and oxygen atoms in total. The lowest BCUT2D eigenvalue weighted by Crippen LogP contribution is -2.11. The van der Waals surface area contributed by atoms with Crippen LogP contribution >= 0.6 is 0 Å². The molecule has 0 N–H and O–H groups in total. The lowest BCUT2D eigenvalue weighted by atomic mass is 9.86. The van der Waals surface area contributed by atoms with E-state index in [2.05, 4.69) is 4.85 Å². The number of carbonyl (C=O) groups is 1. The fourth-order valence-corrected chi connectivity index (χ4v) is 2.47. The van der Waals surface area contributed by atoms with Gasteiger partial charge in [0.25, 0.3) is 5.70 Å². The van der Waals surface area contributed by atoms with Gasteiger partial charge in [-0.25, -0.2) is 4.85 Å². The van der Waals surface area contributed by atoms with Crippen LogP contribution in [-0.4, -0.2) is 19.7 Å². The predicted octanol–water partition coefficient (Wildman–Crippen LogP) is 3.22. The number of methoxy groups -OCH3 is 1. The van der Waals surface area contributed by atoms with Crippen molar-refractivity contribution in [3.63, 3.8) is 0 Å². The van der Waals surface area contributed by atoms with E-state index in [9.17, 15) is 4.79 Å². The van der Waals surface area contributed by atoms with Gasteiger partial charge in [-0.05, 0) is 55.0 Å². The molecule has 0 atom stereocenters. The molecule has 1 aromatic rings. The van der Waals surface area contributed by atoms with Crippen LogP contribution in [-0.2, 0) is 16.0 Å². The van der Waals surface area contributed by atoms with Crippen molar-refractivity contribution in [3.8, 4) is 5.75 Å². The van der Waals surface area contributed by atoms with Crippen LogP contribution in [0.3, 0.4) is 0 Å². The summed E-state index contributed by atoms with van der Waals surface area (Å²) in [4.78, 5) is 15.3. The molecule has 1 aromatic carbocycles. The van der Waals surface area contributed by atoms with Crippen molar-refractivity contribution < 1.29 is 14.3 Å². The molecule has 0 bridgehead atoms. The third-order valence-electron chi connectivity index (χ3n) is 3.38. The number of carbonyl (C=O) groups excluding carboxylic acids is 1. The Morgan fingerprint density at radius 2 is 2.20 bits per heavy atom. The molecule has 0 saturated carbocycles. The second-order valence-corrected chi connectivity index (χ2v) is 4.54. The van der Waals surface area contributed by atoms with E-state index in [-0.39, 0.29) is 12.3 Å². The molecule has 0 heterocycles. The molecule has 20 heavy (non-hydrogen) atoms. The Balaban J connectivity index is 2.50. The maximum absolute atomic E-state index is 11.9. The van der Waals surface area contributed by atoms with E-state index in [1.807, 2.05) is 18.2 Å². The van der Waals surface area contributed by atoms with Gasteiger partial charge >= 0.3 is 5.97 Å². The average Bonchev–Trinajstić information content (AvgIpc) is 2.48. The molecule has 4 heteroatoms. The zero-order valence-electron chi connectivity index (χ0n) is 11.7. The topological polar surface area (TPSA) is 39.9 Å². The van der Waals surface area contributed by atoms with Crippen molar-refractivity contribution >= 4 is 11.5 Å². The lowest BCUT2D eigenvalue weighted by molar-refractivity contribution is -0.138. The monoisotopic (exact) mass is 271 g/mol. The number of fused-ring (bicyclic) bond motifs is 1. The molecule has 0 aliphatic heterocycles. The molecular weight excluding hydrogens is 254 g/mol. The van der Waals surface area contributed by atoms with Gasteiger partial charge in [-0.15, -0.1) is 0 Å². The third-order valence-corrected chi connectivity index (χ3v) is 3.38.